The van der Waals surface area contributed by atoms with Gasteiger partial charge in [0.15, 0.2) is 5.89 Å². The van der Waals surface area contributed by atoms with Crippen LogP contribution < -0.4 is 0 Å². The van der Waals surface area contributed by atoms with Crippen molar-refractivity contribution < 1.29 is 14.3 Å². The summed E-state index contributed by atoms with van der Waals surface area (Å²) >= 11 is 5.96. The van der Waals surface area contributed by atoms with Crippen LogP contribution in [-0.2, 0) is 0 Å². The van der Waals surface area contributed by atoms with Crippen LogP contribution in [0.5, 0.6) is 0 Å². The Morgan fingerprint density at radius 1 is 1.36 bits per heavy atom. The number of aryl methyl sites for hydroxylation is 1. The highest BCUT2D eigenvalue weighted by atomic mass is 35.5. The molecular weight excluding hydrogens is 340 g/mol. The van der Waals surface area contributed by atoms with Gasteiger partial charge in [-0.1, -0.05) is 37.6 Å². The van der Waals surface area contributed by atoms with Crippen molar-refractivity contribution in [3.63, 3.8) is 0 Å². The maximum atomic E-state index is 12.9. The van der Waals surface area contributed by atoms with Crippen LogP contribution in [0.25, 0.3) is 0 Å². The Bertz CT molecular complexity index is 755. The van der Waals surface area contributed by atoms with Gasteiger partial charge < -0.3 is 14.4 Å². The summed E-state index contributed by atoms with van der Waals surface area (Å²) in [5.74, 6) is 0.930. The maximum absolute atomic E-state index is 12.9. The molecule has 2 aromatic rings. The number of benzene rings is 1. The molecule has 1 aromatic heterocycles. The molecule has 5 nitrogen and oxygen atoms in total. The van der Waals surface area contributed by atoms with E-state index in [0.717, 1.165) is 5.56 Å². The van der Waals surface area contributed by atoms with Gasteiger partial charge in [-0.2, -0.15) is 0 Å². The second-order valence-corrected chi connectivity index (χ2v) is 7.37. The number of carbonyl (C=O) groups is 1. The molecule has 0 saturated carbocycles. The van der Waals surface area contributed by atoms with Gasteiger partial charge in [0, 0.05) is 42.5 Å². The summed E-state index contributed by atoms with van der Waals surface area (Å²) in [5.41, 5.74) is 1.69. The van der Waals surface area contributed by atoms with Gasteiger partial charge in [0.1, 0.15) is 0 Å². The van der Waals surface area contributed by atoms with Crippen LogP contribution in [0.2, 0.25) is 5.02 Å². The Kier molecular flexibility index (Phi) is 5.16. The summed E-state index contributed by atoms with van der Waals surface area (Å²) in [4.78, 5) is 19.0. The summed E-state index contributed by atoms with van der Waals surface area (Å²) < 4.78 is 5.69. The molecule has 1 aromatic carbocycles. The molecule has 0 radical (unpaired) electrons. The molecule has 1 aliphatic rings. The summed E-state index contributed by atoms with van der Waals surface area (Å²) in [6, 6.07) is 7.59. The number of likely N-dealkylation sites (tertiary alicyclic amines) is 1. The van der Waals surface area contributed by atoms with E-state index < -0.39 is 0 Å². The van der Waals surface area contributed by atoms with Gasteiger partial charge in [0.05, 0.1) is 5.69 Å². The number of halogens is 1. The van der Waals surface area contributed by atoms with Crippen LogP contribution in [0.4, 0.5) is 0 Å². The number of aliphatic hydroxyl groups is 1. The largest absolute Gasteiger partial charge is 0.435 e. The van der Waals surface area contributed by atoms with Crippen molar-refractivity contribution in [1.82, 2.24) is 9.88 Å². The lowest BCUT2D eigenvalue weighted by molar-refractivity contribution is 0.0746. The van der Waals surface area contributed by atoms with Gasteiger partial charge in [-0.25, -0.2) is 4.98 Å². The van der Waals surface area contributed by atoms with Gasteiger partial charge in [0.2, 0.25) is 5.76 Å². The number of aliphatic hydroxyl groups excluding tert-OH is 1. The minimum atomic E-state index is -0.160. The second-order valence-electron chi connectivity index (χ2n) is 6.93. The lowest BCUT2D eigenvalue weighted by Gasteiger charge is -2.16. The summed E-state index contributed by atoms with van der Waals surface area (Å²) in [7, 11) is 0. The normalized spacial score (nSPS) is 20.5. The zero-order valence-electron chi connectivity index (χ0n) is 14.7. The smallest absolute Gasteiger partial charge is 0.291 e. The Balaban J connectivity index is 1.82. The Morgan fingerprint density at radius 2 is 2.04 bits per heavy atom. The van der Waals surface area contributed by atoms with Crippen LogP contribution in [-0.4, -0.2) is 40.6 Å². The average molecular weight is 363 g/mol. The number of aromatic nitrogens is 1. The molecule has 1 fully saturated rings. The number of rotatable bonds is 4. The first-order valence-corrected chi connectivity index (χ1v) is 8.91. The molecule has 6 heteroatoms. The second kappa shape index (κ2) is 7.18. The van der Waals surface area contributed by atoms with Crippen molar-refractivity contribution in [3.05, 3.63) is 52.2 Å². The van der Waals surface area contributed by atoms with E-state index in [1.54, 1.807) is 11.8 Å². The first-order chi connectivity index (χ1) is 11.9. The lowest BCUT2D eigenvalue weighted by Crippen LogP contribution is -2.29. The van der Waals surface area contributed by atoms with Gasteiger partial charge >= 0.3 is 0 Å². The van der Waals surface area contributed by atoms with Crippen LogP contribution in [0.1, 0.15) is 53.4 Å². The number of oxazole rings is 1. The Labute approximate surface area is 152 Å². The van der Waals surface area contributed by atoms with Gasteiger partial charge in [-0.05, 0) is 24.6 Å². The number of hydrogen-bond acceptors (Lipinski definition) is 4. The third kappa shape index (κ3) is 3.58. The molecule has 0 spiro atoms. The topological polar surface area (TPSA) is 66.6 Å². The zero-order valence-corrected chi connectivity index (χ0v) is 15.5. The van der Waals surface area contributed by atoms with Crippen molar-refractivity contribution in [2.75, 3.05) is 19.7 Å². The molecule has 0 aliphatic carbocycles. The first kappa shape index (κ1) is 18.0. The quantitative estimate of drug-likeness (QED) is 0.902. The molecule has 0 bridgehead atoms. The fourth-order valence-corrected chi connectivity index (χ4v) is 3.44. The standard InChI is InChI=1S/C19H23ClN2O3/c1-11(2)18-21-12(3)17(25-18)19(24)22-8-14(10-23)16(9-22)13-4-6-15(20)7-5-13/h4-7,11,14,16,23H,8-10H2,1-3H3/t14-,16-/m0/s1. The molecule has 1 saturated heterocycles. The molecular formula is C19H23ClN2O3. The highest BCUT2D eigenvalue weighted by Gasteiger charge is 2.37. The van der Waals surface area contributed by atoms with E-state index in [1.165, 1.54) is 0 Å². The van der Waals surface area contributed by atoms with Gasteiger partial charge in [-0.3, -0.25) is 4.79 Å². The average Bonchev–Trinajstić information content (AvgIpc) is 3.19. The molecule has 134 valence electrons. The van der Waals surface area contributed by atoms with E-state index in [0.29, 0.717) is 35.5 Å². The summed E-state index contributed by atoms with van der Waals surface area (Å²) in [6.45, 7) is 6.83. The predicted octanol–water partition coefficient (Wildman–Crippen LogP) is 3.61. The highest BCUT2D eigenvalue weighted by Crippen LogP contribution is 2.34. The Morgan fingerprint density at radius 3 is 2.60 bits per heavy atom. The molecule has 1 amide bonds. The third-order valence-electron chi connectivity index (χ3n) is 4.76. The number of amides is 1. The van der Waals surface area contributed by atoms with Gasteiger partial charge in [0.25, 0.3) is 5.91 Å². The van der Waals surface area contributed by atoms with E-state index in [-0.39, 0.29) is 30.3 Å². The molecule has 3 rings (SSSR count). The molecule has 1 aliphatic heterocycles. The van der Waals surface area contributed by atoms with Crippen molar-refractivity contribution >= 4 is 17.5 Å². The van der Waals surface area contributed by atoms with E-state index in [4.69, 9.17) is 16.0 Å². The first-order valence-electron chi connectivity index (χ1n) is 8.53. The predicted molar refractivity (Wildman–Crippen MR) is 96.0 cm³/mol. The van der Waals surface area contributed by atoms with Crippen LogP contribution in [0.15, 0.2) is 28.7 Å². The summed E-state index contributed by atoms with van der Waals surface area (Å²) in [5, 5.41) is 10.4. The zero-order chi connectivity index (χ0) is 18.1. The number of nitrogens with zero attached hydrogens (tertiary/aromatic N) is 2. The Hall–Kier alpha value is -1.85. The molecule has 25 heavy (non-hydrogen) atoms. The number of carbonyl (C=O) groups excluding carboxylic acids is 1. The van der Waals surface area contributed by atoms with Crippen molar-refractivity contribution in [2.24, 2.45) is 5.92 Å². The van der Waals surface area contributed by atoms with Crippen molar-refractivity contribution in [3.8, 4) is 0 Å². The van der Waals surface area contributed by atoms with Crippen LogP contribution >= 0.6 is 11.6 Å². The van der Waals surface area contributed by atoms with Crippen LogP contribution in [0.3, 0.4) is 0 Å². The molecule has 2 atom stereocenters. The van der Waals surface area contributed by atoms with E-state index >= 15 is 0 Å². The van der Waals surface area contributed by atoms with E-state index in [1.807, 2.05) is 38.1 Å². The SMILES string of the molecule is Cc1nc(C(C)C)oc1C(=O)N1C[C@@H](CO)[C@H](c2ccc(Cl)cc2)C1. The van der Waals surface area contributed by atoms with Gasteiger partial charge in [-0.15, -0.1) is 0 Å². The van der Waals surface area contributed by atoms with Crippen molar-refractivity contribution in [2.45, 2.75) is 32.6 Å². The monoisotopic (exact) mass is 362 g/mol. The number of hydrogen-bond donors (Lipinski definition) is 1. The van der Waals surface area contributed by atoms with Crippen LogP contribution in [0, 0.1) is 12.8 Å². The van der Waals surface area contributed by atoms with E-state index in [9.17, 15) is 9.90 Å². The molecule has 0 unspecified atom stereocenters. The maximum Gasteiger partial charge on any atom is 0.291 e. The summed E-state index contributed by atoms with van der Waals surface area (Å²) in [6.07, 6.45) is 0. The fraction of sp³-hybridized carbons (Fsp3) is 0.474. The van der Waals surface area contributed by atoms with Crippen molar-refractivity contribution in [1.29, 1.82) is 0 Å². The highest BCUT2D eigenvalue weighted by molar-refractivity contribution is 6.30. The molecule has 1 N–H and O–H groups in total. The molecule has 2 heterocycles. The minimum Gasteiger partial charge on any atom is -0.435 e. The van der Waals surface area contributed by atoms with E-state index in [2.05, 4.69) is 4.98 Å². The lowest BCUT2D eigenvalue weighted by atomic mass is 9.90. The minimum absolute atomic E-state index is 0.00192. The fourth-order valence-electron chi connectivity index (χ4n) is 3.32. The third-order valence-corrected chi connectivity index (χ3v) is 5.01.